The van der Waals surface area contributed by atoms with Crippen LogP contribution >= 0.6 is 11.6 Å². The monoisotopic (exact) mass is 300 g/mol. The molecule has 6 nitrogen and oxygen atoms in total. The first-order chi connectivity index (χ1) is 9.47. The highest BCUT2D eigenvalue weighted by Gasteiger charge is 2.14. The predicted octanol–water partition coefficient (Wildman–Crippen LogP) is 1.39. The third-order valence-corrected chi connectivity index (χ3v) is 2.75. The van der Waals surface area contributed by atoms with E-state index >= 15 is 0 Å². The average Bonchev–Trinajstić information content (AvgIpc) is 2.39. The Labute approximate surface area is 122 Å². The van der Waals surface area contributed by atoms with E-state index in [0.29, 0.717) is 16.5 Å². The van der Waals surface area contributed by atoms with Gasteiger partial charge in [0.05, 0.1) is 19.3 Å². The molecule has 7 heteroatoms. The van der Waals surface area contributed by atoms with Crippen molar-refractivity contribution in [1.29, 1.82) is 0 Å². The van der Waals surface area contributed by atoms with Gasteiger partial charge in [0, 0.05) is 19.2 Å². The summed E-state index contributed by atoms with van der Waals surface area (Å²) in [4.78, 5) is 24.6. The number of methoxy groups -OCH3 is 2. The number of halogens is 1. The molecule has 2 amide bonds. The number of benzene rings is 1. The van der Waals surface area contributed by atoms with Crippen LogP contribution in [0.4, 0.5) is 5.69 Å². The van der Waals surface area contributed by atoms with Gasteiger partial charge in [-0.15, -0.1) is 0 Å². The van der Waals surface area contributed by atoms with Crippen molar-refractivity contribution in [3.8, 4) is 5.75 Å². The summed E-state index contributed by atoms with van der Waals surface area (Å²) < 4.78 is 9.83. The smallest absolute Gasteiger partial charge is 0.248 e. The van der Waals surface area contributed by atoms with Crippen molar-refractivity contribution in [1.82, 2.24) is 4.90 Å². The van der Waals surface area contributed by atoms with Gasteiger partial charge in [-0.1, -0.05) is 11.6 Å². The molecular formula is C13H17ClN2O4. The first-order valence-electron chi connectivity index (χ1n) is 5.84. The molecule has 0 unspecified atom stereocenters. The van der Waals surface area contributed by atoms with E-state index in [1.54, 1.807) is 18.2 Å². The van der Waals surface area contributed by atoms with Crippen LogP contribution in [-0.4, -0.2) is 51.1 Å². The van der Waals surface area contributed by atoms with Crippen molar-refractivity contribution in [3.63, 3.8) is 0 Å². The molecule has 0 bridgehead atoms. The SMILES string of the molecule is COCC(=O)N(C)CC(=O)Nc1cc(Cl)ccc1OC. The van der Waals surface area contributed by atoms with E-state index in [-0.39, 0.29) is 25.0 Å². The van der Waals surface area contributed by atoms with Crippen LogP contribution in [0.2, 0.25) is 5.02 Å². The fourth-order valence-corrected chi connectivity index (χ4v) is 1.68. The minimum atomic E-state index is -0.350. The maximum Gasteiger partial charge on any atom is 0.248 e. The zero-order chi connectivity index (χ0) is 15.1. The summed E-state index contributed by atoms with van der Waals surface area (Å²) >= 11 is 5.87. The first kappa shape index (κ1) is 16.3. The first-order valence-corrected chi connectivity index (χ1v) is 6.22. The average molecular weight is 301 g/mol. The minimum Gasteiger partial charge on any atom is -0.495 e. The molecule has 0 aromatic heterocycles. The lowest BCUT2D eigenvalue weighted by atomic mass is 10.3. The van der Waals surface area contributed by atoms with Gasteiger partial charge in [0.2, 0.25) is 11.8 Å². The number of amides is 2. The summed E-state index contributed by atoms with van der Waals surface area (Å²) in [6.07, 6.45) is 0. The lowest BCUT2D eigenvalue weighted by Crippen LogP contribution is -2.36. The molecule has 1 N–H and O–H groups in total. The van der Waals surface area contributed by atoms with Gasteiger partial charge in [0.15, 0.2) is 0 Å². The van der Waals surface area contributed by atoms with Crippen molar-refractivity contribution in [3.05, 3.63) is 23.2 Å². The van der Waals surface area contributed by atoms with E-state index in [9.17, 15) is 9.59 Å². The summed E-state index contributed by atoms with van der Waals surface area (Å²) in [5.74, 6) is -0.133. The van der Waals surface area contributed by atoms with E-state index in [0.717, 1.165) is 0 Å². The van der Waals surface area contributed by atoms with Crippen molar-refractivity contribution in [2.75, 3.05) is 39.7 Å². The molecule has 0 atom stereocenters. The Kier molecular flexibility index (Phi) is 6.27. The van der Waals surface area contributed by atoms with Crippen molar-refractivity contribution < 1.29 is 19.1 Å². The second-order valence-electron chi connectivity index (χ2n) is 4.08. The normalized spacial score (nSPS) is 10.0. The molecule has 0 spiro atoms. The van der Waals surface area contributed by atoms with Crippen LogP contribution in [0.3, 0.4) is 0 Å². The number of hydrogen-bond acceptors (Lipinski definition) is 4. The van der Waals surface area contributed by atoms with Gasteiger partial charge in [0.25, 0.3) is 0 Å². The summed E-state index contributed by atoms with van der Waals surface area (Å²) in [5.41, 5.74) is 0.456. The van der Waals surface area contributed by atoms with E-state index in [2.05, 4.69) is 5.32 Å². The van der Waals surface area contributed by atoms with Gasteiger partial charge in [-0.3, -0.25) is 9.59 Å². The van der Waals surface area contributed by atoms with Gasteiger partial charge >= 0.3 is 0 Å². The molecule has 0 aliphatic heterocycles. The molecule has 1 aromatic carbocycles. The van der Waals surface area contributed by atoms with Crippen LogP contribution in [0.15, 0.2) is 18.2 Å². The van der Waals surface area contributed by atoms with E-state index in [1.807, 2.05) is 0 Å². The van der Waals surface area contributed by atoms with Crippen molar-refractivity contribution in [2.45, 2.75) is 0 Å². The number of hydrogen-bond donors (Lipinski definition) is 1. The summed E-state index contributed by atoms with van der Waals surface area (Å²) in [5, 5.41) is 3.12. The molecule has 0 heterocycles. The molecule has 1 rings (SSSR count). The number of carbonyl (C=O) groups is 2. The Balaban J connectivity index is 2.67. The van der Waals surface area contributed by atoms with Crippen LogP contribution < -0.4 is 10.1 Å². The zero-order valence-corrected chi connectivity index (χ0v) is 12.4. The van der Waals surface area contributed by atoms with E-state index in [1.165, 1.54) is 26.2 Å². The predicted molar refractivity (Wildman–Crippen MR) is 76.1 cm³/mol. The van der Waals surface area contributed by atoms with Gasteiger partial charge in [-0.05, 0) is 18.2 Å². The lowest BCUT2D eigenvalue weighted by Gasteiger charge is -2.17. The standard InChI is InChI=1S/C13H17ClN2O4/c1-16(13(18)8-19-2)7-12(17)15-10-6-9(14)4-5-11(10)20-3/h4-6H,7-8H2,1-3H3,(H,15,17). The van der Waals surface area contributed by atoms with E-state index in [4.69, 9.17) is 21.1 Å². The number of nitrogens with one attached hydrogen (secondary N) is 1. The maximum atomic E-state index is 11.9. The molecule has 0 saturated heterocycles. The highest BCUT2D eigenvalue weighted by Crippen LogP contribution is 2.27. The van der Waals surface area contributed by atoms with Crippen LogP contribution in [0, 0.1) is 0 Å². The largest absolute Gasteiger partial charge is 0.495 e. The molecule has 0 radical (unpaired) electrons. The Bertz CT molecular complexity index is 493. The number of anilines is 1. The van der Waals surface area contributed by atoms with Crippen molar-refractivity contribution in [2.24, 2.45) is 0 Å². The number of carbonyl (C=O) groups excluding carboxylic acids is 2. The summed E-state index contributed by atoms with van der Waals surface area (Å²) in [6.45, 7) is -0.151. The molecule has 0 aliphatic rings. The van der Waals surface area contributed by atoms with Gasteiger partial charge in [0.1, 0.15) is 12.4 Å². The van der Waals surface area contributed by atoms with E-state index < -0.39 is 0 Å². The highest BCUT2D eigenvalue weighted by atomic mass is 35.5. The third-order valence-electron chi connectivity index (χ3n) is 2.51. The Morgan fingerprint density at radius 1 is 1.35 bits per heavy atom. The fraction of sp³-hybridized carbons (Fsp3) is 0.385. The quantitative estimate of drug-likeness (QED) is 0.862. The number of ether oxygens (including phenoxy) is 2. The second kappa shape index (κ2) is 7.72. The van der Waals surface area contributed by atoms with Crippen LogP contribution in [-0.2, 0) is 14.3 Å². The third kappa shape index (κ3) is 4.71. The van der Waals surface area contributed by atoms with Crippen LogP contribution in [0.1, 0.15) is 0 Å². The summed E-state index contributed by atoms with van der Waals surface area (Å²) in [7, 11) is 4.44. The molecule has 20 heavy (non-hydrogen) atoms. The Morgan fingerprint density at radius 3 is 2.65 bits per heavy atom. The van der Waals surface area contributed by atoms with Crippen molar-refractivity contribution >= 4 is 29.1 Å². The number of likely N-dealkylation sites (N-methyl/N-ethyl adjacent to an activating group) is 1. The minimum absolute atomic E-state index is 0.0652. The van der Waals surface area contributed by atoms with Gasteiger partial charge in [-0.25, -0.2) is 0 Å². The topological polar surface area (TPSA) is 67.9 Å². The van der Waals surface area contributed by atoms with Crippen LogP contribution in [0.5, 0.6) is 5.75 Å². The lowest BCUT2D eigenvalue weighted by molar-refractivity contribution is -0.136. The molecule has 0 saturated carbocycles. The molecule has 0 aliphatic carbocycles. The Morgan fingerprint density at radius 2 is 2.05 bits per heavy atom. The Hall–Kier alpha value is -1.79. The number of nitrogens with zero attached hydrogens (tertiary/aromatic N) is 1. The highest BCUT2D eigenvalue weighted by molar-refractivity contribution is 6.31. The zero-order valence-electron chi connectivity index (χ0n) is 11.6. The summed E-state index contributed by atoms with van der Waals surface area (Å²) in [6, 6.07) is 4.89. The van der Waals surface area contributed by atoms with Gasteiger partial charge in [-0.2, -0.15) is 0 Å². The van der Waals surface area contributed by atoms with Crippen LogP contribution in [0.25, 0.3) is 0 Å². The molecular weight excluding hydrogens is 284 g/mol. The maximum absolute atomic E-state index is 11.9. The molecule has 0 fully saturated rings. The fourth-order valence-electron chi connectivity index (χ4n) is 1.50. The second-order valence-corrected chi connectivity index (χ2v) is 4.51. The number of rotatable bonds is 6. The molecule has 110 valence electrons. The van der Waals surface area contributed by atoms with Gasteiger partial charge < -0.3 is 19.7 Å². The molecule has 1 aromatic rings.